The van der Waals surface area contributed by atoms with Crippen molar-refractivity contribution in [1.29, 1.82) is 0 Å². The second-order valence-electron chi connectivity index (χ2n) is 5.45. The molecule has 17 heavy (non-hydrogen) atoms. The first kappa shape index (κ1) is 12.0. The molecule has 0 radical (unpaired) electrons. The van der Waals surface area contributed by atoms with Crippen LogP contribution in [0, 0.1) is 15.5 Å². The maximum Gasteiger partial charge on any atom is 0.274 e. The van der Waals surface area contributed by atoms with Crippen molar-refractivity contribution in [1.82, 2.24) is 5.32 Å². The van der Waals surface area contributed by atoms with Crippen molar-refractivity contribution in [2.75, 3.05) is 0 Å². The number of nitro groups is 1. The Balaban J connectivity index is 2.14. The van der Waals surface area contributed by atoms with Gasteiger partial charge in [0.25, 0.3) is 5.69 Å². The third kappa shape index (κ3) is 2.47. The topological polar surface area (TPSA) is 55.2 Å². The molecule has 1 aliphatic carbocycles. The molecule has 0 bridgehead atoms. The van der Waals surface area contributed by atoms with Gasteiger partial charge in [0.05, 0.1) is 4.92 Å². The van der Waals surface area contributed by atoms with Crippen LogP contribution in [0.1, 0.15) is 38.8 Å². The number of para-hydroxylation sites is 1. The van der Waals surface area contributed by atoms with Gasteiger partial charge in [-0.25, -0.2) is 0 Å². The van der Waals surface area contributed by atoms with Gasteiger partial charge in [0, 0.05) is 23.7 Å². The number of benzene rings is 1. The minimum absolute atomic E-state index is 0.0170. The Labute approximate surface area is 101 Å². The lowest BCUT2D eigenvalue weighted by Gasteiger charge is -2.15. The van der Waals surface area contributed by atoms with Gasteiger partial charge in [-0.15, -0.1) is 0 Å². The number of hydrogen-bond donors (Lipinski definition) is 1. The van der Waals surface area contributed by atoms with Crippen LogP contribution in [0.5, 0.6) is 0 Å². The SMILES string of the molecule is CC(NC1CC1(C)C)c1ccccc1[N+](=O)[O-]. The fraction of sp³-hybridized carbons (Fsp3) is 0.538. The van der Waals surface area contributed by atoms with Gasteiger partial charge in [-0.05, 0) is 18.8 Å². The molecule has 2 rings (SSSR count). The maximum atomic E-state index is 10.9. The fourth-order valence-electron chi connectivity index (χ4n) is 2.16. The zero-order valence-electron chi connectivity index (χ0n) is 10.4. The Bertz CT molecular complexity index is 443. The summed E-state index contributed by atoms with van der Waals surface area (Å²) >= 11 is 0. The van der Waals surface area contributed by atoms with E-state index in [4.69, 9.17) is 0 Å². The molecule has 1 aromatic carbocycles. The van der Waals surface area contributed by atoms with Crippen LogP contribution in [0.25, 0.3) is 0 Å². The average molecular weight is 234 g/mol. The van der Waals surface area contributed by atoms with E-state index < -0.39 is 0 Å². The van der Waals surface area contributed by atoms with Gasteiger partial charge in [0.2, 0.25) is 0 Å². The monoisotopic (exact) mass is 234 g/mol. The lowest BCUT2D eigenvalue weighted by Crippen LogP contribution is -2.24. The van der Waals surface area contributed by atoms with Crippen LogP contribution in [0.2, 0.25) is 0 Å². The van der Waals surface area contributed by atoms with Crippen LogP contribution < -0.4 is 5.32 Å². The van der Waals surface area contributed by atoms with E-state index in [2.05, 4.69) is 19.2 Å². The zero-order valence-corrected chi connectivity index (χ0v) is 10.4. The largest absolute Gasteiger partial charge is 0.307 e. The summed E-state index contributed by atoms with van der Waals surface area (Å²) in [5.74, 6) is 0. The normalized spacial score (nSPS) is 23.1. The highest BCUT2D eigenvalue weighted by molar-refractivity contribution is 5.41. The van der Waals surface area contributed by atoms with Crippen LogP contribution in [0.3, 0.4) is 0 Å². The highest BCUT2D eigenvalue weighted by atomic mass is 16.6. The van der Waals surface area contributed by atoms with Crippen LogP contribution in [0.15, 0.2) is 24.3 Å². The molecule has 92 valence electrons. The number of nitro benzene ring substituents is 1. The van der Waals surface area contributed by atoms with Crippen molar-refractivity contribution in [3.05, 3.63) is 39.9 Å². The molecule has 1 aliphatic rings. The first-order chi connectivity index (χ1) is 7.92. The van der Waals surface area contributed by atoms with Gasteiger partial charge in [0.1, 0.15) is 0 Å². The number of nitrogens with zero attached hydrogens (tertiary/aromatic N) is 1. The molecular formula is C13H18N2O2. The highest BCUT2D eigenvalue weighted by Gasteiger charge is 2.46. The number of hydrogen-bond acceptors (Lipinski definition) is 3. The van der Waals surface area contributed by atoms with Crippen LogP contribution in [0.4, 0.5) is 5.69 Å². The molecule has 2 unspecified atom stereocenters. The third-order valence-electron chi connectivity index (χ3n) is 3.56. The van der Waals surface area contributed by atoms with Gasteiger partial charge < -0.3 is 5.32 Å². The molecule has 0 aliphatic heterocycles. The van der Waals surface area contributed by atoms with Crippen molar-refractivity contribution in [3.8, 4) is 0 Å². The Morgan fingerprint density at radius 3 is 2.59 bits per heavy atom. The summed E-state index contributed by atoms with van der Waals surface area (Å²) in [5.41, 5.74) is 1.30. The molecule has 1 aromatic rings. The van der Waals surface area contributed by atoms with Crippen LogP contribution in [-0.4, -0.2) is 11.0 Å². The van der Waals surface area contributed by atoms with Crippen molar-refractivity contribution in [2.45, 2.75) is 39.3 Å². The highest BCUT2D eigenvalue weighted by Crippen LogP contribution is 2.46. The molecule has 0 saturated heterocycles. The second kappa shape index (κ2) is 4.11. The van der Waals surface area contributed by atoms with Crippen molar-refractivity contribution in [3.63, 3.8) is 0 Å². The molecule has 0 spiro atoms. The smallest absolute Gasteiger partial charge is 0.274 e. The predicted molar refractivity (Wildman–Crippen MR) is 66.8 cm³/mol. The van der Waals surface area contributed by atoms with E-state index in [1.54, 1.807) is 12.1 Å². The molecule has 1 fully saturated rings. The molecule has 0 aromatic heterocycles. The van der Waals surface area contributed by atoms with E-state index in [1.807, 2.05) is 19.1 Å². The zero-order chi connectivity index (χ0) is 12.6. The Morgan fingerprint density at radius 2 is 2.06 bits per heavy atom. The fourth-order valence-corrected chi connectivity index (χ4v) is 2.16. The summed E-state index contributed by atoms with van der Waals surface area (Å²) in [6, 6.07) is 7.42. The number of rotatable bonds is 4. The Kier molecular flexibility index (Phi) is 2.91. The summed E-state index contributed by atoms with van der Waals surface area (Å²) in [6.07, 6.45) is 1.14. The summed E-state index contributed by atoms with van der Waals surface area (Å²) in [6.45, 7) is 6.39. The van der Waals surface area contributed by atoms with Gasteiger partial charge >= 0.3 is 0 Å². The molecule has 0 amide bonds. The van der Waals surface area contributed by atoms with Gasteiger partial charge in [-0.2, -0.15) is 0 Å². The van der Waals surface area contributed by atoms with E-state index in [0.717, 1.165) is 12.0 Å². The first-order valence-corrected chi connectivity index (χ1v) is 5.91. The van der Waals surface area contributed by atoms with E-state index in [1.165, 1.54) is 0 Å². The molecule has 2 atom stereocenters. The molecule has 4 heteroatoms. The van der Waals surface area contributed by atoms with E-state index >= 15 is 0 Å². The van der Waals surface area contributed by atoms with Crippen LogP contribution >= 0.6 is 0 Å². The maximum absolute atomic E-state index is 10.9. The van der Waals surface area contributed by atoms with Crippen molar-refractivity contribution < 1.29 is 4.92 Å². The van der Waals surface area contributed by atoms with E-state index in [9.17, 15) is 10.1 Å². The summed E-state index contributed by atoms with van der Waals surface area (Å²) in [7, 11) is 0. The predicted octanol–water partition coefficient (Wildman–Crippen LogP) is 3.04. The molecule has 4 nitrogen and oxygen atoms in total. The van der Waals surface area contributed by atoms with E-state index in [0.29, 0.717) is 11.5 Å². The second-order valence-corrected chi connectivity index (χ2v) is 5.45. The minimum atomic E-state index is -0.314. The van der Waals surface area contributed by atoms with E-state index in [-0.39, 0.29) is 16.7 Å². The first-order valence-electron chi connectivity index (χ1n) is 5.91. The Morgan fingerprint density at radius 1 is 1.47 bits per heavy atom. The lowest BCUT2D eigenvalue weighted by molar-refractivity contribution is -0.385. The quantitative estimate of drug-likeness (QED) is 0.643. The summed E-state index contributed by atoms with van der Waals surface area (Å²) in [5, 5.41) is 14.4. The van der Waals surface area contributed by atoms with Gasteiger partial charge in [-0.1, -0.05) is 32.0 Å². The third-order valence-corrected chi connectivity index (χ3v) is 3.56. The molecule has 1 N–H and O–H groups in total. The van der Waals surface area contributed by atoms with Crippen LogP contribution in [-0.2, 0) is 0 Å². The minimum Gasteiger partial charge on any atom is -0.307 e. The molecule has 1 saturated carbocycles. The van der Waals surface area contributed by atoms with Crippen molar-refractivity contribution in [2.24, 2.45) is 5.41 Å². The van der Waals surface area contributed by atoms with Gasteiger partial charge in [-0.3, -0.25) is 10.1 Å². The average Bonchev–Trinajstić information content (AvgIpc) is 2.85. The Hall–Kier alpha value is -1.42. The number of nitrogens with one attached hydrogen (secondary N) is 1. The standard InChI is InChI=1S/C13H18N2O2/c1-9(14-12-8-13(12,2)3)10-6-4-5-7-11(10)15(16)17/h4-7,9,12,14H,8H2,1-3H3. The summed E-state index contributed by atoms with van der Waals surface area (Å²) in [4.78, 5) is 10.6. The van der Waals surface area contributed by atoms with Gasteiger partial charge in [0.15, 0.2) is 0 Å². The summed E-state index contributed by atoms with van der Waals surface area (Å²) < 4.78 is 0. The molecule has 0 heterocycles. The molecular weight excluding hydrogens is 216 g/mol. The van der Waals surface area contributed by atoms with Crippen molar-refractivity contribution >= 4 is 5.69 Å². The lowest BCUT2D eigenvalue weighted by atomic mass is 10.1.